The summed E-state index contributed by atoms with van der Waals surface area (Å²) in [5.41, 5.74) is 0. The highest BCUT2D eigenvalue weighted by atomic mass is 16.3. The molecule has 0 amide bonds. The molecule has 0 radical (unpaired) electrons. The quantitative estimate of drug-likeness (QED) is 0.571. The Labute approximate surface area is 93.1 Å². The summed E-state index contributed by atoms with van der Waals surface area (Å²) in [4.78, 5) is 2.43. The van der Waals surface area contributed by atoms with Gasteiger partial charge in [0.15, 0.2) is 0 Å². The summed E-state index contributed by atoms with van der Waals surface area (Å²) in [6.45, 7) is 2.57. The lowest BCUT2D eigenvalue weighted by Crippen LogP contribution is -2.42. The molecule has 0 bridgehead atoms. The van der Waals surface area contributed by atoms with Gasteiger partial charge in [0, 0.05) is 19.2 Å². The molecule has 1 aliphatic rings. The van der Waals surface area contributed by atoms with Gasteiger partial charge in [-0.25, -0.2) is 0 Å². The highest BCUT2D eigenvalue weighted by molar-refractivity contribution is 4.79. The summed E-state index contributed by atoms with van der Waals surface area (Å²) in [6, 6.07) is 0.745. The third-order valence-corrected chi connectivity index (χ3v) is 3.33. The molecule has 15 heavy (non-hydrogen) atoms. The van der Waals surface area contributed by atoms with Crippen molar-refractivity contribution in [3.05, 3.63) is 0 Å². The number of aliphatic hydroxyl groups is 2. The van der Waals surface area contributed by atoms with Crippen molar-refractivity contribution in [2.45, 2.75) is 51.0 Å². The van der Waals surface area contributed by atoms with Gasteiger partial charge in [0.25, 0.3) is 0 Å². The molecule has 1 fully saturated rings. The van der Waals surface area contributed by atoms with E-state index < -0.39 is 0 Å². The normalized spacial score (nSPS) is 17.0. The second-order valence-corrected chi connectivity index (χ2v) is 4.48. The van der Waals surface area contributed by atoms with Crippen molar-refractivity contribution in [2.24, 2.45) is 0 Å². The molecule has 1 saturated carbocycles. The van der Waals surface area contributed by atoms with E-state index in [9.17, 15) is 0 Å². The van der Waals surface area contributed by atoms with Gasteiger partial charge in [0.1, 0.15) is 0 Å². The first-order valence-corrected chi connectivity index (χ1v) is 6.34. The van der Waals surface area contributed by atoms with Crippen LogP contribution < -0.4 is 0 Å². The maximum atomic E-state index is 8.97. The lowest BCUT2D eigenvalue weighted by atomic mass is 9.91. The van der Waals surface area contributed by atoms with Crippen molar-refractivity contribution in [2.75, 3.05) is 26.3 Å². The molecule has 0 aromatic heterocycles. The average molecular weight is 215 g/mol. The predicted octanol–water partition coefficient (Wildman–Crippen LogP) is 1.39. The minimum absolute atomic E-state index is 0.285. The van der Waals surface area contributed by atoms with E-state index in [-0.39, 0.29) is 6.61 Å². The molecular formula is C12H25NO2. The van der Waals surface area contributed by atoms with E-state index in [1.54, 1.807) is 0 Å². The molecule has 0 atom stereocenters. The molecule has 0 heterocycles. The Balaban J connectivity index is 2.03. The van der Waals surface area contributed by atoms with Crippen LogP contribution in [0.2, 0.25) is 0 Å². The molecule has 3 heteroatoms. The summed E-state index contributed by atoms with van der Waals surface area (Å²) < 4.78 is 0. The van der Waals surface area contributed by atoms with Crippen LogP contribution in [-0.2, 0) is 0 Å². The Kier molecular flexibility index (Phi) is 6.98. The van der Waals surface area contributed by atoms with Gasteiger partial charge in [0.05, 0.1) is 6.61 Å². The first kappa shape index (κ1) is 12.9. The lowest BCUT2D eigenvalue weighted by Gasteiger charge is -2.37. The molecule has 0 aromatic carbocycles. The largest absolute Gasteiger partial charge is 0.396 e. The minimum Gasteiger partial charge on any atom is -0.396 e. The molecule has 0 spiro atoms. The molecule has 3 nitrogen and oxygen atoms in total. The lowest BCUT2D eigenvalue weighted by molar-refractivity contribution is 0.0993. The maximum Gasteiger partial charge on any atom is 0.0558 e. The van der Waals surface area contributed by atoms with E-state index in [1.807, 2.05) is 0 Å². The molecule has 0 aromatic rings. The molecule has 1 aliphatic carbocycles. The predicted molar refractivity (Wildman–Crippen MR) is 61.9 cm³/mol. The third kappa shape index (κ3) is 4.96. The number of hydrogen-bond acceptors (Lipinski definition) is 3. The van der Waals surface area contributed by atoms with Crippen LogP contribution in [0.1, 0.15) is 44.9 Å². The van der Waals surface area contributed by atoms with Crippen LogP contribution in [0.25, 0.3) is 0 Å². The van der Waals surface area contributed by atoms with Crippen molar-refractivity contribution < 1.29 is 10.2 Å². The van der Waals surface area contributed by atoms with Crippen LogP contribution in [0, 0.1) is 0 Å². The van der Waals surface area contributed by atoms with Gasteiger partial charge in [-0.3, -0.25) is 4.90 Å². The van der Waals surface area contributed by atoms with E-state index in [2.05, 4.69) is 4.90 Å². The monoisotopic (exact) mass is 215 g/mol. The summed E-state index contributed by atoms with van der Waals surface area (Å²) in [6.07, 6.45) is 8.47. The molecule has 0 aliphatic heterocycles. The van der Waals surface area contributed by atoms with Gasteiger partial charge in [-0.1, -0.05) is 19.3 Å². The fraction of sp³-hybridized carbons (Fsp3) is 1.00. The van der Waals surface area contributed by atoms with Crippen LogP contribution in [0.5, 0.6) is 0 Å². The zero-order valence-electron chi connectivity index (χ0n) is 9.70. The van der Waals surface area contributed by atoms with Crippen LogP contribution in [-0.4, -0.2) is 47.5 Å². The molecule has 0 unspecified atom stereocenters. The topological polar surface area (TPSA) is 43.7 Å². The van der Waals surface area contributed by atoms with Gasteiger partial charge in [-0.15, -0.1) is 0 Å². The highest BCUT2D eigenvalue weighted by Crippen LogP contribution is 2.24. The summed E-state index contributed by atoms with van der Waals surface area (Å²) in [5, 5.41) is 17.6. The summed E-state index contributed by atoms with van der Waals surface area (Å²) in [5.74, 6) is 0. The first-order chi connectivity index (χ1) is 7.38. The van der Waals surface area contributed by atoms with Gasteiger partial charge < -0.3 is 10.2 Å². The molecule has 2 N–H and O–H groups in total. The van der Waals surface area contributed by atoms with Crippen LogP contribution in [0.3, 0.4) is 0 Å². The zero-order valence-corrected chi connectivity index (χ0v) is 9.70. The Morgan fingerprint density at radius 3 is 2.13 bits per heavy atom. The van der Waals surface area contributed by atoms with Crippen LogP contribution in [0.15, 0.2) is 0 Å². The molecule has 1 rings (SSSR count). The van der Waals surface area contributed by atoms with E-state index >= 15 is 0 Å². The smallest absolute Gasteiger partial charge is 0.0558 e. The fourth-order valence-corrected chi connectivity index (χ4v) is 2.14. The van der Waals surface area contributed by atoms with Gasteiger partial charge in [-0.2, -0.15) is 0 Å². The Hall–Kier alpha value is -0.120. The first-order valence-electron chi connectivity index (χ1n) is 6.34. The Morgan fingerprint density at radius 2 is 1.60 bits per heavy atom. The van der Waals surface area contributed by atoms with E-state index in [1.165, 1.54) is 32.1 Å². The number of nitrogens with zero attached hydrogens (tertiary/aromatic N) is 1. The van der Waals surface area contributed by atoms with Crippen molar-refractivity contribution >= 4 is 0 Å². The number of unbranched alkanes of at least 4 members (excludes halogenated alkanes) is 3. The average Bonchev–Trinajstić information content (AvgIpc) is 2.15. The van der Waals surface area contributed by atoms with Crippen molar-refractivity contribution in [1.82, 2.24) is 4.90 Å². The van der Waals surface area contributed by atoms with Crippen LogP contribution >= 0.6 is 0 Å². The number of rotatable bonds is 9. The van der Waals surface area contributed by atoms with Crippen molar-refractivity contribution in [1.29, 1.82) is 0 Å². The van der Waals surface area contributed by atoms with Gasteiger partial charge >= 0.3 is 0 Å². The molecule has 0 saturated heterocycles. The van der Waals surface area contributed by atoms with Gasteiger partial charge in [-0.05, 0) is 32.2 Å². The second-order valence-electron chi connectivity index (χ2n) is 4.48. The maximum absolute atomic E-state index is 8.97. The molecular weight excluding hydrogens is 190 g/mol. The summed E-state index contributed by atoms with van der Waals surface area (Å²) in [7, 11) is 0. The fourth-order valence-electron chi connectivity index (χ4n) is 2.14. The zero-order chi connectivity index (χ0) is 10.9. The van der Waals surface area contributed by atoms with Crippen molar-refractivity contribution in [3.63, 3.8) is 0 Å². The Morgan fingerprint density at radius 1 is 0.867 bits per heavy atom. The molecule has 90 valence electrons. The summed E-state index contributed by atoms with van der Waals surface area (Å²) >= 11 is 0. The van der Waals surface area contributed by atoms with E-state index in [0.29, 0.717) is 6.61 Å². The number of hydrogen-bond donors (Lipinski definition) is 2. The Bertz CT molecular complexity index is 149. The van der Waals surface area contributed by atoms with Gasteiger partial charge in [0.2, 0.25) is 0 Å². The number of aliphatic hydroxyl groups excluding tert-OH is 2. The minimum atomic E-state index is 0.285. The standard InChI is InChI=1S/C12H25NO2/c14-10-4-2-1-3-8-13(9-11-15)12-6-5-7-12/h12,14-15H,1-11H2. The van der Waals surface area contributed by atoms with E-state index in [0.717, 1.165) is 32.0 Å². The second kappa shape index (κ2) is 8.08. The third-order valence-electron chi connectivity index (χ3n) is 3.33. The SMILES string of the molecule is OCCCCCCN(CCO)C1CCC1. The van der Waals surface area contributed by atoms with Crippen LogP contribution in [0.4, 0.5) is 0 Å². The van der Waals surface area contributed by atoms with Crippen molar-refractivity contribution in [3.8, 4) is 0 Å². The highest BCUT2D eigenvalue weighted by Gasteiger charge is 2.23. The van der Waals surface area contributed by atoms with E-state index in [4.69, 9.17) is 10.2 Å².